The van der Waals surface area contributed by atoms with E-state index >= 15 is 0 Å². The van der Waals surface area contributed by atoms with Gasteiger partial charge in [-0.15, -0.1) is 0 Å². The molecule has 1 aromatic heterocycles. The molecule has 14 heavy (non-hydrogen) atoms. The second-order valence-electron chi connectivity index (χ2n) is 2.32. The molecule has 0 radical (unpaired) electrons. The van der Waals surface area contributed by atoms with Gasteiger partial charge in [0.2, 0.25) is 0 Å². The van der Waals surface area contributed by atoms with Gasteiger partial charge in [-0.3, -0.25) is 4.98 Å². The second kappa shape index (κ2) is 4.72. The average molecular weight is 219 g/mol. The highest BCUT2D eigenvalue weighted by molar-refractivity contribution is 6.32. The molecule has 0 N–H and O–H groups in total. The van der Waals surface area contributed by atoms with E-state index in [4.69, 9.17) is 16.9 Å². The lowest BCUT2D eigenvalue weighted by atomic mass is 10.3. The predicted molar refractivity (Wildman–Crippen MR) is 45.2 cm³/mol. The Kier molecular flexibility index (Phi) is 3.60. The number of hydrogen-bond acceptors (Lipinski definition) is 3. The summed E-state index contributed by atoms with van der Waals surface area (Å²) in [7, 11) is 0. The first-order valence-electron chi connectivity index (χ1n) is 3.59. The number of nitriles is 1. The number of halogens is 3. The molecule has 0 aliphatic carbocycles. The summed E-state index contributed by atoms with van der Waals surface area (Å²) in [6, 6.07) is 3.18. The molecule has 6 heteroatoms. The van der Waals surface area contributed by atoms with E-state index in [0.29, 0.717) is 5.69 Å². The zero-order valence-electron chi connectivity index (χ0n) is 6.88. The Bertz CT molecular complexity index is 365. The Labute approximate surface area is 83.9 Å². The van der Waals surface area contributed by atoms with Crippen molar-refractivity contribution in [2.45, 2.75) is 13.0 Å². The number of pyridine rings is 1. The minimum Gasteiger partial charge on any atom is -0.432 e. The minimum atomic E-state index is -2.93. The van der Waals surface area contributed by atoms with E-state index in [0.717, 1.165) is 6.20 Å². The van der Waals surface area contributed by atoms with Gasteiger partial charge in [-0.1, -0.05) is 11.6 Å². The van der Waals surface area contributed by atoms with Crippen LogP contribution in [-0.4, -0.2) is 11.6 Å². The van der Waals surface area contributed by atoms with Gasteiger partial charge >= 0.3 is 6.61 Å². The van der Waals surface area contributed by atoms with Crippen LogP contribution < -0.4 is 4.74 Å². The Morgan fingerprint density at radius 2 is 2.36 bits per heavy atom. The van der Waals surface area contributed by atoms with Gasteiger partial charge in [-0.05, 0) is 6.07 Å². The molecule has 0 amide bonds. The summed E-state index contributed by atoms with van der Waals surface area (Å²) in [6.45, 7) is -2.93. The number of hydrogen-bond donors (Lipinski definition) is 0. The number of aromatic nitrogens is 1. The summed E-state index contributed by atoms with van der Waals surface area (Å²) in [5.74, 6) is -0.191. The highest BCUT2D eigenvalue weighted by Gasteiger charge is 2.09. The van der Waals surface area contributed by atoms with Crippen molar-refractivity contribution < 1.29 is 13.5 Å². The van der Waals surface area contributed by atoms with Crippen LogP contribution in [0.3, 0.4) is 0 Å². The minimum absolute atomic E-state index is 0.0190. The van der Waals surface area contributed by atoms with Gasteiger partial charge in [0.15, 0.2) is 5.75 Å². The third-order valence-electron chi connectivity index (χ3n) is 1.35. The van der Waals surface area contributed by atoms with Crippen LogP contribution in [0, 0.1) is 11.3 Å². The fraction of sp³-hybridized carbons (Fsp3) is 0.250. The maximum absolute atomic E-state index is 11.8. The van der Waals surface area contributed by atoms with E-state index in [-0.39, 0.29) is 17.2 Å². The quantitative estimate of drug-likeness (QED) is 0.783. The summed E-state index contributed by atoms with van der Waals surface area (Å²) in [6.07, 6.45) is 1.15. The highest BCUT2D eigenvalue weighted by Crippen LogP contribution is 2.25. The SMILES string of the molecule is N#CCc1cc(Cl)c(OC(F)F)cn1. The standard InChI is InChI=1S/C8H5ClF2N2O/c9-6-3-5(1-2-12)13-4-7(6)14-8(10)11/h3-4,8H,1H2. The predicted octanol–water partition coefficient (Wildman–Crippen LogP) is 2.40. The summed E-state index contributed by atoms with van der Waals surface area (Å²) in [5.41, 5.74) is 0.416. The van der Waals surface area contributed by atoms with Crippen LogP contribution in [0.1, 0.15) is 5.69 Å². The van der Waals surface area contributed by atoms with Crippen LogP contribution in [0.4, 0.5) is 8.78 Å². The molecule has 0 aliphatic heterocycles. The first-order valence-corrected chi connectivity index (χ1v) is 3.97. The Hall–Kier alpha value is -1.41. The van der Waals surface area contributed by atoms with Crippen LogP contribution in [0.15, 0.2) is 12.3 Å². The molecule has 0 saturated carbocycles. The Balaban J connectivity index is 2.85. The van der Waals surface area contributed by atoms with E-state index in [2.05, 4.69) is 9.72 Å². The van der Waals surface area contributed by atoms with Gasteiger partial charge in [0, 0.05) is 0 Å². The molecule has 0 bridgehead atoms. The molecule has 1 heterocycles. The first kappa shape index (κ1) is 10.7. The molecule has 1 aromatic rings. The van der Waals surface area contributed by atoms with Crippen molar-refractivity contribution in [2.75, 3.05) is 0 Å². The monoisotopic (exact) mass is 218 g/mol. The molecule has 74 valence electrons. The Morgan fingerprint density at radius 3 is 2.86 bits per heavy atom. The number of ether oxygens (including phenoxy) is 1. The van der Waals surface area contributed by atoms with Crippen molar-refractivity contribution in [3.05, 3.63) is 23.0 Å². The Morgan fingerprint density at radius 1 is 1.64 bits per heavy atom. The van der Waals surface area contributed by atoms with Crippen LogP contribution in [0.5, 0.6) is 5.75 Å². The van der Waals surface area contributed by atoms with Crippen LogP contribution in [0.2, 0.25) is 5.02 Å². The van der Waals surface area contributed by atoms with E-state index in [9.17, 15) is 8.78 Å². The lowest BCUT2D eigenvalue weighted by Crippen LogP contribution is -2.03. The van der Waals surface area contributed by atoms with E-state index in [1.165, 1.54) is 6.07 Å². The maximum Gasteiger partial charge on any atom is 0.387 e. The van der Waals surface area contributed by atoms with Gasteiger partial charge in [-0.25, -0.2) is 0 Å². The van der Waals surface area contributed by atoms with Gasteiger partial charge in [0.05, 0.1) is 29.4 Å². The fourth-order valence-corrected chi connectivity index (χ4v) is 1.04. The highest BCUT2D eigenvalue weighted by atomic mass is 35.5. The molecule has 0 fully saturated rings. The average Bonchev–Trinajstić information content (AvgIpc) is 2.10. The molecular weight excluding hydrogens is 214 g/mol. The topological polar surface area (TPSA) is 45.9 Å². The zero-order valence-corrected chi connectivity index (χ0v) is 7.63. The van der Waals surface area contributed by atoms with Crippen molar-refractivity contribution in [3.8, 4) is 11.8 Å². The van der Waals surface area contributed by atoms with Gasteiger partial charge in [-0.2, -0.15) is 14.0 Å². The largest absolute Gasteiger partial charge is 0.432 e. The number of nitrogens with zero attached hydrogens (tertiary/aromatic N) is 2. The van der Waals surface area contributed by atoms with Crippen molar-refractivity contribution >= 4 is 11.6 Å². The normalized spacial score (nSPS) is 9.93. The molecular formula is C8H5ClF2N2O. The number of alkyl halides is 2. The molecule has 3 nitrogen and oxygen atoms in total. The molecule has 0 atom stereocenters. The molecule has 0 saturated heterocycles. The third-order valence-corrected chi connectivity index (χ3v) is 1.65. The second-order valence-corrected chi connectivity index (χ2v) is 2.73. The van der Waals surface area contributed by atoms with Gasteiger partial charge in [0.1, 0.15) is 0 Å². The lowest BCUT2D eigenvalue weighted by Gasteiger charge is -2.05. The van der Waals surface area contributed by atoms with Crippen LogP contribution in [0.25, 0.3) is 0 Å². The van der Waals surface area contributed by atoms with Gasteiger partial charge in [0.25, 0.3) is 0 Å². The summed E-state index contributed by atoms with van der Waals surface area (Å²) >= 11 is 5.60. The zero-order chi connectivity index (χ0) is 10.6. The molecule has 0 spiro atoms. The van der Waals surface area contributed by atoms with E-state index < -0.39 is 6.61 Å². The summed E-state index contributed by atoms with van der Waals surface area (Å²) < 4.78 is 27.6. The molecule has 0 unspecified atom stereocenters. The summed E-state index contributed by atoms with van der Waals surface area (Å²) in [4.78, 5) is 3.72. The van der Waals surface area contributed by atoms with Crippen molar-refractivity contribution in [3.63, 3.8) is 0 Å². The maximum atomic E-state index is 11.8. The third kappa shape index (κ3) is 2.82. The van der Waals surface area contributed by atoms with E-state index in [1.54, 1.807) is 0 Å². The van der Waals surface area contributed by atoms with Crippen molar-refractivity contribution in [1.29, 1.82) is 5.26 Å². The fourth-order valence-electron chi connectivity index (χ4n) is 0.818. The van der Waals surface area contributed by atoms with E-state index in [1.807, 2.05) is 6.07 Å². The lowest BCUT2D eigenvalue weighted by molar-refractivity contribution is -0.0500. The molecule has 1 rings (SSSR count). The number of rotatable bonds is 3. The van der Waals surface area contributed by atoms with Crippen molar-refractivity contribution in [1.82, 2.24) is 4.98 Å². The van der Waals surface area contributed by atoms with Crippen LogP contribution in [-0.2, 0) is 6.42 Å². The van der Waals surface area contributed by atoms with Crippen molar-refractivity contribution in [2.24, 2.45) is 0 Å². The molecule has 0 aromatic carbocycles. The van der Waals surface area contributed by atoms with Crippen LogP contribution >= 0.6 is 11.6 Å². The summed E-state index contributed by atoms with van der Waals surface area (Å²) in [5, 5.41) is 8.36. The van der Waals surface area contributed by atoms with Gasteiger partial charge < -0.3 is 4.74 Å². The first-order chi connectivity index (χ1) is 6.63. The molecule has 0 aliphatic rings. The smallest absolute Gasteiger partial charge is 0.387 e.